The van der Waals surface area contributed by atoms with Gasteiger partial charge >= 0.3 is 0 Å². The van der Waals surface area contributed by atoms with Gasteiger partial charge in [0.2, 0.25) is 0 Å². The van der Waals surface area contributed by atoms with Crippen LogP contribution in [0.1, 0.15) is 19.3 Å². The molecule has 2 N–H and O–H groups in total. The fraction of sp³-hybridized carbons (Fsp3) is 0.889. The van der Waals surface area contributed by atoms with E-state index in [9.17, 15) is 5.11 Å². The molecule has 1 saturated heterocycles. The number of aliphatic imine (C=N–C) groups is 1. The average Bonchev–Trinajstić information content (AvgIpc) is 2.77. The minimum Gasteiger partial charge on any atom is -0.394 e. The summed E-state index contributed by atoms with van der Waals surface area (Å²) in [5.74, 6) is 1.04. The Hall–Kier alpha value is -0.610. The van der Waals surface area contributed by atoms with Gasteiger partial charge < -0.3 is 15.2 Å². The SMILES string of the molecule is OCC1(NC2=NCCC2)CCOC1. The molecule has 2 rings (SSSR count). The molecule has 0 amide bonds. The lowest BCUT2D eigenvalue weighted by Crippen LogP contribution is -2.51. The Labute approximate surface area is 78.0 Å². The highest BCUT2D eigenvalue weighted by atomic mass is 16.5. The van der Waals surface area contributed by atoms with E-state index >= 15 is 0 Å². The van der Waals surface area contributed by atoms with Crippen molar-refractivity contribution in [3.8, 4) is 0 Å². The maximum atomic E-state index is 9.28. The molecule has 2 aliphatic rings. The van der Waals surface area contributed by atoms with Crippen LogP contribution in [0, 0.1) is 0 Å². The second kappa shape index (κ2) is 3.64. The van der Waals surface area contributed by atoms with E-state index in [1.54, 1.807) is 0 Å². The molecular weight excluding hydrogens is 168 g/mol. The second-order valence-corrected chi connectivity index (χ2v) is 3.80. The number of hydrogen-bond acceptors (Lipinski definition) is 4. The molecule has 0 spiro atoms. The minimum absolute atomic E-state index is 0.131. The van der Waals surface area contributed by atoms with E-state index < -0.39 is 0 Å². The lowest BCUT2D eigenvalue weighted by Gasteiger charge is -2.27. The Morgan fingerprint density at radius 2 is 2.54 bits per heavy atom. The van der Waals surface area contributed by atoms with E-state index in [2.05, 4.69) is 10.3 Å². The van der Waals surface area contributed by atoms with Crippen molar-refractivity contribution in [3.63, 3.8) is 0 Å². The maximum Gasteiger partial charge on any atom is 0.0969 e. The van der Waals surface area contributed by atoms with E-state index in [-0.39, 0.29) is 12.1 Å². The van der Waals surface area contributed by atoms with Gasteiger partial charge in [0.1, 0.15) is 0 Å². The normalized spacial score (nSPS) is 33.5. The Morgan fingerprint density at radius 1 is 1.62 bits per heavy atom. The highest BCUT2D eigenvalue weighted by Crippen LogP contribution is 2.19. The summed E-state index contributed by atoms with van der Waals surface area (Å²) in [6.45, 7) is 2.39. The van der Waals surface area contributed by atoms with E-state index in [0.717, 1.165) is 38.2 Å². The summed E-state index contributed by atoms with van der Waals surface area (Å²) in [7, 11) is 0. The van der Waals surface area contributed by atoms with Gasteiger partial charge in [0.25, 0.3) is 0 Å². The van der Waals surface area contributed by atoms with Crippen LogP contribution in [0.4, 0.5) is 0 Å². The zero-order chi connectivity index (χ0) is 9.15. The summed E-state index contributed by atoms with van der Waals surface area (Å²) in [5, 5.41) is 12.6. The second-order valence-electron chi connectivity index (χ2n) is 3.80. The van der Waals surface area contributed by atoms with Crippen molar-refractivity contribution in [1.29, 1.82) is 0 Å². The monoisotopic (exact) mass is 184 g/mol. The molecule has 1 fully saturated rings. The number of aliphatic hydroxyl groups is 1. The van der Waals surface area contributed by atoms with Crippen LogP contribution in [-0.4, -0.2) is 42.8 Å². The summed E-state index contributed by atoms with van der Waals surface area (Å²) in [5.41, 5.74) is -0.247. The van der Waals surface area contributed by atoms with Gasteiger partial charge in [-0.1, -0.05) is 0 Å². The quantitative estimate of drug-likeness (QED) is 0.631. The molecule has 13 heavy (non-hydrogen) atoms. The van der Waals surface area contributed by atoms with Crippen LogP contribution in [0.2, 0.25) is 0 Å². The van der Waals surface area contributed by atoms with Crippen molar-refractivity contribution in [3.05, 3.63) is 0 Å². The van der Waals surface area contributed by atoms with E-state index in [1.807, 2.05) is 0 Å². The highest BCUT2D eigenvalue weighted by molar-refractivity contribution is 5.84. The summed E-state index contributed by atoms with van der Waals surface area (Å²) < 4.78 is 5.28. The van der Waals surface area contributed by atoms with Gasteiger partial charge in [-0.05, 0) is 12.8 Å². The zero-order valence-electron chi connectivity index (χ0n) is 7.75. The molecule has 0 aromatic heterocycles. The van der Waals surface area contributed by atoms with Crippen LogP contribution in [0.25, 0.3) is 0 Å². The third-order valence-corrected chi connectivity index (χ3v) is 2.69. The molecule has 1 atom stereocenters. The molecular formula is C9H16N2O2. The van der Waals surface area contributed by atoms with Gasteiger partial charge in [-0.25, -0.2) is 0 Å². The fourth-order valence-corrected chi connectivity index (χ4v) is 1.82. The number of aliphatic hydroxyl groups excluding tert-OH is 1. The highest BCUT2D eigenvalue weighted by Gasteiger charge is 2.35. The molecule has 4 nitrogen and oxygen atoms in total. The summed E-state index contributed by atoms with van der Waals surface area (Å²) >= 11 is 0. The fourth-order valence-electron chi connectivity index (χ4n) is 1.82. The number of amidine groups is 1. The van der Waals surface area contributed by atoms with Crippen LogP contribution in [0.3, 0.4) is 0 Å². The van der Waals surface area contributed by atoms with Crippen LogP contribution in [0.15, 0.2) is 4.99 Å². The number of rotatable bonds is 2. The molecule has 0 aromatic rings. The lowest BCUT2D eigenvalue weighted by atomic mass is 10.00. The molecule has 2 aliphatic heterocycles. The van der Waals surface area contributed by atoms with Gasteiger partial charge in [0, 0.05) is 19.6 Å². The Morgan fingerprint density at radius 3 is 3.08 bits per heavy atom. The molecule has 1 unspecified atom stereocenters. The summed E-state index contributed by atoms with van der Waals surface area (Å²) in [6, 6.07) is 0. The van der Waals surface area contributed by atoms with Crippen molar-refractivity contribution in [1.82, 2.24) is 5.32 Å². The predicted molar refractivity (Wildman–Crippen MR) is 49.9 cm³/mol. The standard InChI is InChI=1S/C9H16N2O2/c12-6-9(3-5-13-7-9)11-8-2-1-4-10-8/h12H,1-7H2,(H,10,11). The van der Waals surface area contributed by atoms with Gasteiger partial charge in [0.15, 0.2) is 0 Å². The smallest absolute Gasteiger partial charge is 0.0969 e. The molecule has 4 heteroatoms. The molecule has 0 bridgehead atoms. The number of hydrogen-bond donors (Lipinski definition) is 2. The van der Waals surface area contributed by atoms with Crippen molar-refractivity contribution in [2.75, 3.05) is 26.4 Å². The Kier molecular flexibility index (Phi) is 2.51. The van der Waals surface area contributed by atoms with Crippen LogP contribution < -0.4 is 5.32 Å². The molecule has 2 heterocycles. The molecule has 74 valence electrons. The molecule has 0 aliphatic carbocycles. The largest absolute Gasteiger partial charge is 0.394 e. The predicted octanol–water partition coefficient (Wildman–Crippen LogP) is -0.0803. The van der Waals surface area contributed by atoms with Gasteiger partial charge in [0.05, 0.1) is 24.6 Å². The summed E-state index contributed by atoms with van der Waals surface area (Å²) in [6.07, 6.45) is 3.02. The molecule has 0 saturated carbocycles. The molecule has 0 radical (unpaired) electrons. The van der Waals surface area contributed by atoms with Crippen molar-refractivity contribution < 1.29 is 9.84 Å². The number of ether oxygens (including phenoxy) is 1. The average molecular weight is 184 g/mol. The van der Waals surface area contributed by atoms with Crippen molar-refractivity contribution in [2.45, 2.75) is 24.8 Å². The number of nitrogens with zero attached hydrogens (tertiary/aromatic N) is 1. The minimum atomic E-state index is -0.247. The van der Waals surface area contributed by atoms with Gasteiger partial charge in [-0.3, -0.25) is 4.99 Å². The van der Waals surface area contributed by atoms with Gasteiger partial charge in [-0.15, -0.1) is 0 Å². The Balaban J connectivity index is 1.96. The van der Waals surface area contributed by atoms with Crippen molar-refractivity contribution in [2.24, 2.45) is 4.99 Å². The topological polar surface area (TPSA) is 53.8 Å². The first-order valence-corrected chi connectivity index (χ1v) is 4.85. The maximum absolute atomic E-state index is 9.28. The third kappa shape index (κ3) is 1.84. The number of nitrogens with one attached hydrogen (secondary N) is 1. The molecule has 0 aromatic carbocycles. The van der Waals surface area contributed by atoms with Crippen LogP contribution in [0.5, 0.6) is 0 Å². The van der Waals surface area contributed by atoms with Gasteiger partial charge in [-0.2, -0.15) is 0 Å². The third-order valence-electron chi connectivity index (χ3n) is 2.69. The first-order valence-electron chi connectivity index (χ1n) is 4.85. The van der Waals surface area contributed by atoms with Crippen LogP contribution in [-0.2, 0) is 4.74 Å². The lowest BCUT2D eigenvalue weighted by molar-refractivity contribution is 0.133. The summed E-state index contributed by atoms with van der Waals surface area (Å²) in [4.78, 5) is 4.33. The first kappa shape index (κ1) is 8.97. The Bertz CT molecular complexity index is 210. The van der Waals surface area contributed by atoms with Crippen LogP contribution >= 0.6 is 0 Å². The van der Waals surface area contributed by atoms with E-state index in [4.69, 9.17) is 4.74 Å². The zero-order valence-corrected chi connectivity index (χ0v) is 7.75. The van der Waals surface area contributed by atoms with E-state index in [1.165, 1.54) is 0 Å². The van der Waals surface area contributed by atoms with E-state index in [0.29, 0.717) is 6.61 Å². The first-order chi connectivity index (χ1) is 6.35. The van der Waals surface area contributed by atoms with Crippen molar-refractivity contribution >= 4 is 5.84 Å².